The SMILES string of the molecule is Cc1ccc(C)c(NC(=O)COc2ccccc2/C=N\NC(=O)C(=O)N[C@@H](C)c2ccccc2)c1. The van der Waals surface area contributed by atoms with Gasteiger partial charge in [0.1, 0.15) is 5.75 Å². The lowest BCUT2D eigenvalue weighted by Crippen LogP contribution is -2.39. The van der Waals surface area contributed by atoms with Gasteiger partial charge >= 0.3 is 11.8 Å². The highest BCUT2D eigenvalue weighted by atomic mass is 16.5. The van der Waals surface area contributed by atoms with Crippen LogP contribution in [-0.4, -0.2) is 30.5 Å². The molecule has 180 valence electrons. The maximum Gasteiger partial charge on any atom is 0.329 e. The fourth-order valence-electron chi connectivity index (χ4n) is 3.22. The number of hydrogen-bond donors (Lipinski definition) is 3. The standard InChI is InChI=1S/C27H28N4O4/c1-18-13-14-19(2)23(15-18)30-25(32)17-35-24-12-8-7-11-22(24)16-28-31-27(34)26(33)29-20(3)21-9-5-4-6-10-21/h4-16,20H,17H2,1-3H3,(H,29,33)(H,30,32)(H,31,34)/b28-16-/t20-/m0/s1. The largest absolute Gasteiger partial charge is 0.483 e. The molecule has 0 aromatic heterocycles. The second-order valence-electron chi connectivity index (χ2n) is 8.00. The van der Waals surface area contributed by atoms with E-state index in [1.54, 1.807) is 31.2 Å². The molecule has 35 heavy (non-hydrogen) atoms. The van der Waals surface area contributed by atoms with Gasteiger partial charge in [-0.25, -0.2) is 5.43 Å². The molecule has 8 heteroatoms. The zero-order valence-corrected chi connectivity index (χ0v) is 19.9. The lowest BCUT2D eigenvalue weighted by molar-refractivity contribution is -0.139. The number of benzene rings is 3. The molecule has 0 unspecified atom stereocenters. The minimum atomic E-state index is -0.893. The summed E-state index contributed by atoms with van der Waals surface area (Å²) < 4.78 is 5.65. The molecule has 3 aromatic carbocycles. The van der Waals surface area contributed by atoms with E-state index in [0.29, 0.717) is 11.3 Å². The minimum Gasteiger partial charge on any atom is -0.483 e. The van der Waals surface area contributed by atoms with Crippen molar-refractivity contribution in [3.8, 4) is 5.75 Å². The van der Waals surface area contributed by atoms with Crippen molar-refractivity contribution in [2.75, 3.05) is 11.9 Å². The molecule has 0 spiro atoms. The molecular formula is C27H28N4O4. The summed E-state index contributed by atoms with van der Waals surface area (Å²) in [5, 5.41) is 9.32. The Morgan fingerprint density at radius 1 is 0.943 bits per heavy atom. The van der Waals surface area contributed by atoms with Crippen molar-refractivity contribution in [2.45, 2.75) is 26.8 Å². The molecule has 0 aliphatic heterocycles. The number of carbonyl (C=O) groups is 3. The first-order valence-corrected chi connectivity index (χ1v) is 11.1. The average molecular weight is 473 g/mol. The van der Waals surface area contributed by atoms with E-state index in [1.165, 1.54) is 6.21 Å². The number of hydrazone groups is 1. The van der Waals surface area contributed by atoms with Crippen LogP contribution in [-0.2, 0) is 14.4 Å². The quantitative estimate of drug-likeness (QED) is 0.264. The Balaban J connectivity index is 1.53. The van der Waals surface area contributed by atoms with Crippen molar-refractivity contribution in [1.82, 2.24) is 10.7 Å². The number of amides is 3. The third-order valence-corrected chi connectivity index (χ3v) is 5.17. The van der Waals surface area contributed by atoms with Gasteiger partial charge in [-0.15, -0.1) is 0 Å². The number of hydrogen-bond acceptors (Lipinski definition) is 5. The number of para-hydroxylation sites is 1. The number of ether oxygens (including phenoxy) is 1. The van der Waals surface area contributed by atoms with Crippen LogP contribution >= 0.6 is 0 Å². The Bertz CT molecular complexity index is 1220. The van der Waals surface area contributed by atoms with Gasteiger partial charge in [0.05, 0.1) is 12.3 Å². The van der Waals surface area contributed by atoms with Gasteiger partial charge < -0.3 is 15.4 Å². The summed E-state index contributed by atoms with van der Waals surface area (Å²) in [5.74, 6) is -1.59. The van der Waals surface area contributed by atoms with Gasteiger partial charge in [-0.1, -0.05) is 54.6 Å². The van der Waals surface area contributed by atoms with E-state index in [4.69, 9.17) is 4.74 Å². The number of carbonyl (C=O) groups excluding carboxylic acids is 3. The highest BCUT2D eigenvalue weighted by Gasteiger charge is 2.16. The van der Waals surface area contributed by atoms with E-state index in [2.05, 4.69) is 21.2 Å². The van der Waals surface area contributed by atoms with Crippen molar-refractivity contribution >= 4 is 29.6 Å². The average Bonchev–Trinajstić information content (AvgIpc) is 2.86. The fraction of sp³-hybridized carbons (Fsp3) is 0.185. The Labute approximate surface area is 204 Å². The molecule has 3 amide bonds. The van der Waals surface area contributed by atoms with Crippen LogP contribution in [0, 0.1) is 13.8 Å². The van der Waals surface area contributed by atoms with Crippen LogP contribution in [0.3, 0.4) is 0 Å². The van der Waals surface area contributed by atoms with Gasteiger partial charge in [0.25, 0.3) is 5.91 Å². The first-order valence-electron chi connectivity index (χ1n) is 11.1. The van der Waals surface area contributed by atoms with E-state index in [9.17, 15) is 14.4 Å². The van der Waals surface area contributed by atoms with E-state index >= 15 is 0 Å². The molecule has 0 saturated carbocycles. The minimum absolute atomic E-state index is 0.204. The van der Waals surface area contributed by atoms with Crippen LogP contribution in [0.25, 0.3) is 0 Å². The monoisotopic (exact) mass is 472 g/mol. The Morgan fingerprint density at radius 2 is 1.66 bits per heavy atom. The van der Waals surface area contributed by atoms with E-state index in [-0.39, 0.29) is 18.6 Å². The smallest absolute Gasteiger partial charge is 0.329 e. The molecule has 0 heterocycles. The molecule has 8 nitrogen and oxygen atoms in total. The lowest BCUT2D eigenvalue weighted by atomic mass is 10.1. The summed E-state index contributed by atoms with van der Waals surface area (Å²) in [6.45, 7) is 5.45. The Hall–Kier alpha value is -4.46. The van der Waals surface area contributed by atoms with E-state index < -0.39 is 11.8 Å². The molecule has 0 radical (unpaired) electrons. The third-order valence-electron chi connectivity index (χ3n) is 5.17. The predicted molar refractivity (Wildman–Crippen MR) is 135 cm³/mol. The fourth-order valence-corrected chi connectivity index (χ4v) is 3.22. The molecular weight excluding hydrogens is 444 g/mol. The zero-order valence-electron chi connectivity index (χ0n) is 19.9. The topological polar surface area (TPSA) is 109 Å². The molecule has 3 aromatic rings. The van der Waals surface area contributed by atoms with Crippen LogP contribution in [0.1, 0.15) is 35.2 Å². The van der Waals surface area contributed by atoms with Crippen molar-refractivity contribution < 1.29 is 19.1 Å². The van der Waals surface area contributed by atoms with Gasteiger partial charge in [0, 0.05) is 11.3 Å². The molecule has 0 bridgehead atoms. The molecule has 0 fully saturated rings. The van der Waals surface area contributed by atoms with Gasteiger partial charge in [-0.3, -0.25) is 14.4 Å². The molecule has 3 rings (SSSR count). The van der Waals surface area contributed by atoms with Crippen molar-refractivity contribution in [3.63, 3.8) is 0 Å². The Morgan fingerprint density at radius 3 is 2.43 bits per heavy atom. The molecule has 0 aliphatic carbocycles. The maximum absolute atomic E-state index is 12.4. The van der Waals surface area contributed by atoms with Gasteiger partial charge in [-0.2, -0.15) is 5.10 Å². The summed E-state index contributed by atoms with van der Waals surface area (Å²) in [5.41, 5.74) is 6.35. The summed E-state index contributed by atoms with van der Waals surface area (Å²) >= 11 is 0. The third kappa shape index (κ3) is 7.53. The van der Waals surface area contributed by atoms with Crippen molar-refractivity contribution in [2.24, 2.45) is 5.10 Å². The van der Waals surface area contributed by atoms with Crippen molar-refractivity contribution in [1.29, 1.82) is 0 Å². The molecule has 1 atom stereocenters. The summed E-state index contributed by atoms with van der Waals surface area (Å²) in [4.78, 5) is 36.6. The van der Waals surface area contributed by atoms with Gasteiger partial charge in [0.15, 0.2) is 6.61 Å². The second kappa shape index (κ2) is 12.1. The number of anilines is 1. The number of nitrogens with zero attached hydrogens (tertiary/aromatic N) is 1. The van der Waals surface area contributed by atoms with E-state index in [0.717, 1.165) is 22.4 Å². The van der Waals surface area contributed by atoms with Crippen LogP contribution in [0.4, 0.5) is 5.69 Å². The molecule has 0 aliphatic rings. The molecule has 3 N–H and O–H groups in total. The summed E-state index contributed by atoms with van der Waals surface area (Å²) in [6.07, 6.45) is 1.35. The van der Waals surface area contributed by atoms with Crippen LogP contribution < -0.4 is 20.8 Å². The van der Waals surface area contributed by atoms with Crippen LogP contribution in [0.15, 0.2) is 77.9 Å². The molecule has 0 saturated heterocycles. The van der Waals surface area contributed by atoms with Gasteiger partial charge in [-0.05, 0) is 55.7 Å². The lowest BCUT2D eigenvalue weighted by Gasteiger charge is -2.13. The predicted octanol–water partition coefficient (Wildman–Crippen LogP) is 3.65. The maximum atomic E-state index is 12.4. The first kappa shape index (κ1) is 25.2. The van der Waals surface area contributed by atoms with Crippen LogP contribution in [0.5, 0.6) is 5.75 Å². The highest BCUT2D eigenvalue weighted by Crippen LogP contribution is 2.18. The second-order valence-corrected chi connectivity index (χ2v) is 8.00. The van der Waals surface area contributed by atoms with Gasteiger partial charge in [0.2, 0.25) is 0 Å². The Kier molecular flexibility index (Phi) is 8.72. The van der Waals surface area contributed by atoms with Crippen LogP contribution in [0.2, 0.25) is 0 Å². The summed E-state index contributed by atoms with van der Waals surface area (Å²) in [6, 6.07) is 21.7. The zero-order chi connectivity index (χ0) is 25.2. The first-order chi connectivity index (χ1) is 16.8. The highest BCUT2D eigenvalue weighted by molar-refractivity contribution is 6.35. The number of aryl methyl sites for hydroxylation is 2. The normalized spacial score (nSPS) is 11.5. The summed E-state index contributed by atoms with van der Waals surface area (Å²) in [7, 11) is 0. The number of rotatable bonds is 8. The van der Waals surface area contributed by atoms with Crippen molar-refractivity contribution in [3.05, 3.63) is 95.1 Å². The van der Waals surface area contributed by atoms with E-state index in [1.807, 2.05) is 62.4 Å². The number of nitrogens with one attached hydrogen (secondary N) is 3.